The molecule has 0 aliphatic heterocycles. The lowest BCUT2D eigenvalue weighted by molar-refractivity contribution is -0.212. The normalized spacial score (nSPS) is 16.1. The number of aromatic nitrogens is 2. The molecule has 0 atom stereocenters. The maximum atomic E-state index is 13.0. The van der Waals surface area contributed by atoms with Gasteiger partial charge in [0.2, 0.25) is 0 Å². The summed E-state index contributed by atoms with van der Waals surface area (Å²) in [5.41, 5.74) is 0.0621. The van der Waals surface area contributed by atoms with E-state index >= 15 is 0 Å². The molecule has 0 radical (unpaired) electrons. The first-order chi connectivity index (χ1) is 12.8. The van der Waals surface area contributed by atoms with Crippen LogP contribution in [-0.4, -0.2) is 20.9 Å². The molecule has 2 aromatic rings. The third kappa shape index (κ3) is 3.95. The van der Waals surface area contributed by atoms with E-state index in [1.165, 1.54) is 11.3 Å². The van der Waals surface area contributed by atoms with Gasteiger partial charge in [0.15, 0.2) is 0 Å². The fourth-order valence-corrected chi connectivity index (χ4v) is 4.56. The van der Waals surface area contributed by atoms with Gasteiger partial charge in [0.1, 0.15) is 5.41 Å². The summed E-state index contributed by atoms with van der Waals surface area (Å²) in [4.78, 5) is 13.4. The molecule has 0 aromatic carbocycles. The smallest absolute Gasteiger partial charge is 0.481 e. The molecule has 0 amide bonds. The summed E-state index contributed by atoms with van der Waals surface area (Å²) >= 11 is 1.36. The second-order valence-electron chi connectivity index (χ2n) is 6.83. The Labute approximate surface area is 159 Å². The van der Waals surface area contributed by atoms with Crippen molar-refractivity contribution in [2.45, 2.75) is 57.2 Å². The lowest BCUT2D eigenvalue weighted by Crippen LogP contribution is -2.31. The van der Waals surface area contributed by atoms with Crippen molar-refractivity contribution in [2.24, 2.45) is 0 Å². The number of aliphatic carboxylic acids is 1. The fourth-order valence-electron chi connectivity index (χ4n) is 3.33. The molecule has 0 saturated heterocycles. The topological polar surface area (TPSA) is 55.1 Å². The molecule has 0 saturated carbocycles. The summed E-state index contributed by atoms with van der Waals surface area (Å²) < 4.78 is 39.1. The van der Waals surface area contributed by atoms with E-state index in [4.69, 9.17) is 0 Å². The van der Waals surface area contributed by atoms with Crippen LogP contribution in [-0.2, 0) is 29.4 Å². The van der Waals surface area contributed by atoms with Crippen molar-refractivity contribution in [3.63, 3.8) is 0 Å². The van der Waals surface area contributed by atoms with Gasteiger partial charge in [0, 0.05) is 22.4 Å². The van der Waals surface area contributed by atoms with Gasteiger partial charge in [-0.3, -0.25) is 4.79 Å². The standard InChI is InChI=1S/C19H21F3N2O2S/c1-2-3-6-15-13(12-24(23-15)19(20,21)22)11-14-7-8-16(27-14)18(17(25)26)9-4-5-10-18/h4-5,7-8,12H,2-3,6,9-11H2,1H3,(H,25,26). The van der Waals surface area contributed by atoms with Crippen LogP contribution in [0.15, 0.2) is 30.5 Å². The van der Waals surface area contributed by atoms with Crippen molar-refractivity contribution in [3.8, 4) is 0 Å². The zero-order chi connectivity index (χ0) is 19.7. The fraction of sp³-hybridized carbons (Fsp3) is 0.474. The van der Waals surface area contributed by atoms with Crippen molar-refractivity contribution >= 4 is 17.3 Å². The molecule has 2 heterocycles. The van der Waals surface area contributed by atoms with Gasteiger partial charge in [0.25, 0.3) is 0 Å². The van der Waals surface area contributed by atoms with Gasteiger partial charge in [-0.1, -0.05) is 25.5 Å². The molecule has 8 heteroatoms. The highest BCUT2D eigenvalue weighted by Gasteiger charge is 2.42. The minimum atomic E-state index is -4.54. The van der Waals surface area contributed by atoms with Crippen molar-refractivity contribution in [1.29, 1.82) is 0 Å². The number of unbranched alkanes of at least 4 members (excludes halogenated alkanes) is 1. The van der Waals surface area contributed by atoms with Gasteiger partial charge >= 0.3 is 12.3 Å². The number of aryl methyl sites for hydroxylation is 1. The number of alkyl halides is 3. The largest absolute Gasteiger partial charge is 0.504 e. The zero-order valence-electron chi connectivity index (χ0n) is 14.9. The average molecular weight is 398 g/mol. The van der Waals surface area contributed by atoms with Gasteiger partial charge < -0.3 is 5.11 Å². The van der Waals surface area contributed by atoms with E-state index in [2.05, 4.69) is 5.10 Å². The van der Waals surface area contributed by atoms with Crippen LogP contribution in [0.3, 0.4) is 0 Å². The zero-order valence-corrected chi connectivity index (χ0v) is 15.7. The van der Waals surface area contributed by atoms with Crippen LogP contribution in [0.25, 0.3) is 0 Å². The lowest BCUT2D eigenvalue weighted by Gasteiger charge is -2.22. The van der Waals surface area contributed by atoms with Crippen LogP contribution in [0.5, 0.6) is 0 Å². The molecule has 0 spiro atoms. The highest BCUT2D eigenvalue weighted by molar-refractivity contribution is 7.12. The Balaban J connectivity index is 1.86. The second-order valence-corrected chi connectivity index (χ2v) is 7.99. The maximum Gasteiger partial charge on any atom is 0.504 e. The number of carbonyl (C=O) groups is 1. The van der Waals surface area contributed by atoms with Crippen LogP contribution in [0.2, 0.25) is 0 Å². The van der Waals surface area contributed by atoms with Gasteiger partial charge in [-0.05, 0) is 43.4 Å². The van der Waals surface area contributed by atoms with Gasteiger partial charge in [-0.25, -0.2) is 0 Å². The monoisotopic (exact) mass is 398 g/mol. The molecule has 27 heavy (non-hydrogen) atoms. The van der Waals surface area contributed by atoms with E-state index in [1.54, 1.807) is 6.07 Å². The molecule has 3 rings (SSSR count). The van der Waals surface area contributed by atoms with Gasteiger partial charge in [-0.2, -0.15) is 9.78 Å². The van der Waals surface area contributed by atoms with E-state index in [1.807, 2.05) is 25.1 Å². The first-order valence-electron chi connectivity index (χ1n) is 8.88. The number of halogens is 3. The number of thiophene rings is 1. The highest BCUT2D eigenvalue weighted by atomic mass is 32.1. The molecule has 1 aliphatic rings. The van der Waals surface area contributed by atoms with E-state index in [9.17, 15) is 23.1 Å². The van der Waals surface area contributed by atoms with E-state index in [-0.39, 0.29) is 4.68 Å². The summed E-state index contributed by atoms with van der Waals surface area (Å²) in [6, 6.07) is 3.61. The lowest BCUT2D eigenvalue weighted by atomic mass is 9.84. The third-order valence-electron chi connectivity index (χ3n) is 4.91. The Hall–Kier alpha value is -2.09. The van der Waals surface area contributed by atoms with E-state index in [0.29, 0.717) is 36.9 Å². The molecule has 2 aromatic heterocycles. The highest BCUT2D eigenvalue weighted by Crippen LogP contribution is 2.41. The molecular formula is C19H21F3N2O2S. The number of hydrogen-bond acceptors (Lipinski definition) is 3. The molecule has 0 fully saturated rings. The summed E-state index contributed by atoms with van der Waals surface area (Å²) in [5.74, 6) is -0.866. The van der Waals surface area contributed by atoms with Crippen LogP contribution < -0.4 is 0 Å². The second kappa shape index (κ2) is 7.50. The minimum absolute atomic E-state index is 0.0709. The predicted octanol–water partition coefficient (Wildman–Crippen LogP) is 5.03. The number of carboxylic acid groups (broad SMARTS) is 1. The van der Waals surface area contributed by atoms with Crippen LogP contribution >= 0.6 is 11.3 Å². The first-order valence-corrected chi connectivity index (χ1v) is 9.70. The number of nitrogens with zero attached hydrogens (tertiary/aromatic N) is 2. The molecule has 146 valence electrons. The maximum absolute atomic E-state index is 13.0. The van der Waals surface area contributed by atoms with E-state index < -0.39 is 17.7 Å². The third-order valence-corrected chi connectivity index (χ3v) is 6.20. The minimum Gasteiger partial charge on any atom is -0.481 e. The van der Waals surface area contributed by atoms with E-state index in [0.717, 1.165) is 28.8 Å². The number of hydrogen-bond donors (Lipinski definition) is 1. The predicted molar refractivity (Wildman–Crippen MR) is 96.9 cm³/mol. The molecule has 0 bridgehead atoms. The Morgan fingerprint density at radius 2 is 2.04 bits per heavy atom. The van der Waals surface area contributed by atoms with Crippen LogP contribution in [0.4, 0.5) is 13.2 Å². The SMILES string of the molecule is CCCCc1nn(C(F)(F)F)cc1Cc1ccc(C2(C(=O)O)CC=CC2)s1. The van der Waals surface area contributed by atoms with Crippen LogP contribution in [0, 0.1) is 0 Å². The Morgan fingerprint density at radius 3 is 2.63 bits per heavy atom. The quantitative estimate of drug-likeness (QED) is 0.666. The molecule has 0 unspecified atom stereocenters. The molecule has 4 nitrogen and oxygen atoms in total. The number of rotatable bonds is 7. The summed E-state index contributed by atoms with van der Waals surface area (Å²) in [6.45, 7) is 1.98. The number of allylic oxidation sites excluding steroid dienone is 2. The van der Waals surface area contributed by atoms with Crippen molar-refractivity contribution in [2.75, 3.05) is 0 Å². The molecule has 1 N–H and O–H groups in total. The van der Waals surface area contributed by atoms with Gasteiger partial charge in [0.05, 0.1) is 5.69 Å². The Bertz CT molecular complexity index is 844. The van der Waals surface area contributed by atoms with Crippen molar-refractivity contribution in [3.05, 3.63) is 51.5 Å². The van der Waals surface area contributed by atoms with Crippen molar-refractivity contribution < 1.29 is 23.1 Å². The molecular weight excluding hydrogens is 377 g/mol. The molecule has 1 aliphatic carbocycles. The Morgan fingerprint density at radius 1 is 1.33 bits per heavy atom. The average Bonchev–Trinajstić information content (AvgIpc) is 3.32. The number of carboxylic acids is 1. The van der Waals surface area contributed by atoms with Crippen LogP contribution in [0.1, 0.15) is 53.6 Å². The first kappa shape index (κ1) is 19.7. The Kier molecular flexibility index (Phi) is 5.46. The van der Waals surface area contributed by atoms with Gasteiger partial charge in [-0.15, -0.1) is 24.5 Å². The summed E-state index contributed by atoms with van der Waals surface area (Å²) in [5, 5.41) is 13.4. The summed E-state index contributed by atoms with van der Waals surface area (Å²) in [6.07, 6.45) is 3.58. The summed E-state index contributed by atoms with van der Waals surface area (Å²) in [7, 11) is 0. The van der Waals surface area contributed by atoms with Crippen molar-refractivity contribution in [1.82, 2.24) is 9.78 Å².